The summed E-state index contributed by atoms with van der Waals surface area (Å²) in [6.45, 7) is 2.39. The second-order valence-corrected chi connectivity index (χ2v) is 7.70. The zero-order chi connectivity index (χ0) is 16.6. The molecule has 0 aromatic rings. The Morgan fingerprint density at radius 1 is 1.39 bits per heavy atom. The highest BCUT2D eigenvalue weighted by atomic mass is 19.1. The lowest BCUT2D eigenvalue weighted by atomic mass is 9.93. The maximum Gasteiger partial charge on any atom is 0.237 e. The van der Waals surface area contributed by atoms with Crippen LogP contribution in [-0.2, 0) is 4.79 Å². The van der Waals surface area contributed by atoms with Gasteiger partial charge in [-0.2, -0.15) is 5.26 Å². The number of carbonyl (C=O) groups is 1. The minimum atomic E-state index is -1.08. The van der Waals surface area contributed by atoms with E-state index in [9.17, 15) is 9.18 Å². The minimum absolute atomic E-state index is 0.0462. The summed E-state index contributed by atoms with van der Waals surface area (Å²) in [5, 5.41) is 12.4. The number of rotatable bonds is 3. The molecule has 3 aliphatic rings. The van der Waals surface area contributed by atoms with Crippen LogP contribution in [0.5, 0.6) is 0 Å². The molecule has 4 nitrogen and oxygen atoms in total. The molecule has 0 bridgehead atoms. The van der Waals surface area contributed by atoms with Crippen molar-refractivity contribution in [3.63, 3.8) is 0 Å². The van der Waals surface area contributed by atoms with E-state index in [-0.39, 0.29) is 31.0 Å². The Labute approximate surface area is 137 Å². The lowest BCUT2D eigenvalue weighted by Gasteiger charge is -2.29. The summed E-state index contributed by atoms with van der Waals surface area (Å²) >= 11 is 0. The molecule has 1 amide bonds. The van der Waals surface area contributed by atoms with Crippen molar-refractivity contribution in [2.45, 2.75) is 56.8 Å². The molecule has 3 fully saturated rings. The number of carbonyl (C=O) groups excluding carboxylic acids is 1. The van der Waals surface area contributed by atoms with E-state index >= 15 is 0 Å². The Kier molecular flexibility index (Phi) is 4.34. The average molecular weight is 317 g/mol. The van der Waals surface area contributed by atoms with Crippen LogP contribution in [0.4, 0.5) is 4.39 Å². The maximum absolute atomic E-state index is 13.4. The van der Waals surface area contributed by atoms with E-state index in [1.807, 2.05) is 6.07 Å². The van der Waals surface area contributed by atoms with Gasteiger partial charge < -0.3 is 10.2 Å². The minimum Gasteiger partial charge on any atom is -0.323 e. The van der Waals surface area contributed by atoms with Crippen LogP contribution in [0.15, 0.2) is 0 Å². The summed E-state index contributed by atoms with van der Waals surface area (Å²) in [6.07, 6.45) is 8.86. The van der Waals surface area contributed by atoms with E-state index in [2.05, 4.69) is 18.2 Å². The molecule has 0 aromatic heterocycles. The molecule has 2 saturated carbocycles. The lowest BCUT2D eigenvalue weighted by Crippen LogP contribution is -2.48. The fraction of sp³-hybridized carbons (Fsp3) is 0.778. The summed E-state index contributed by atoms with van der Waals surface area (Å²) in [6, 6.07) is 1.41. The fourth-order valence-corrected chi connectivity index (χ4v) is 4.81. The highest BCUT2D eigenvalue weighted by Crippen LogP contribution is 2.50. The first-order chi connectivity index (χ1) is 10.9. The summed E-state index contributed by atoms with van der Waals surface area (Å²) in [7, 11) is 0. The summed E-state index contributed by atoms with van der Waals surface area (Å²) < 4.78 is 13.4. The van der Waals surface area contributed by atoms with Gasteiger partial charge in [-0.3, -0.25) is 4.79 Å². The number of fused-ring (bicyclic) bond motifs is 1. The third-order valence-electron chi connectivity index (χ3n) is 5.89. The Hall–Kier alpha value is -1.59. The van der Waals surface area contributed by atoms with Gasteiger partial charge in [-0.1, -0.05) is 0 Å². The standard InChI is InChI=1S/C18H24FN3O/c1-3-12-4-13-7-18(2,8-14(13)5-12)21-10-17(23)22-11-15(19)6-16(22)9-20/h1,12-16,21H,4-8,10-11H2,2H3/t12-,13+,14?,15-,16-,18+/m0/s1. The third-order valence-corrected chi connectivity index (χ3v) is 5.89. The fourth-order valence-electron chi connectivity index (χ4n) is 4.81. The maximum atomic E-state index is 13.4. The van der Waals surface area contributed by atoms with E-state index < -0.39 is 12.2 Å². The molecular formula is C18H24FN3O. The Morgan fingerprint density at radius 3 is 2.61 bits per heavy atom. The van der Waals surface area contributed by atoms with Crippen molar-refractivity contribution < 1.29 is 9.18 Å². The van der Waals surface area contributed by atoms with Gasteiger partial charge in [0.1, 0.15) is 12.2 Å². The van der Waals surface area contributed by atoms with Gasteiger partial charge in [0.05, 0.1) is 19.2 Å². The van der Waals surface area contributed by atoms with Crippen LogP contribution in [0.3, 0.4) is 0 Å². The first-order valence-corrected chi connectivity index (χ1v) is 8.48. The van der Waals surface area contributed by atoms with Gasteiger partial charge in [0.2, 0.25) is 5.91 Å². The third kappa shape index (κ3) is 3.21. The quantitative estimate of drug-likeness (QED) is 0.809. The molecule has 0 aromatic carbocycles. The number of likely N-dealkylation sites (tertiary alicyclic amines) is 1. The van der Waals surface area contributed by atoms with Gasteiger partial charge in [-0.25, -0.2) is 4.39 Å². The molecular weight excluding hydrogens is 293 g/mol. The number of nitriles is 1. The SMILES string of the molecule is C#C[C@@H]1CC2C[C@](C)(NCC(=O)N3C[C@@H](F)C[C@H]3C#N)C[C@H]2C1. The van der Waals surface area contributed by atoms with Crippen LogP contribution in [0.1, 0.15) is 39.0 Å². The van der Waals surface area contributed by atoms with Gasteiger partial charge in [0, 0.05) is 17.9 Å². The molecule has 6 atom stereocenters. The monoisotopic (exact) mass is 317 g/mol. The summed E-state index contributed by atoms with van der Waals surface area (Å²) in [4.78, 5) is 13.7. The van der Waals surface area contributed by atoms with Gasteiger partial charge >= 0.3 is 0 Å². The van der Waals surface area contributed by atoms with Gasteiger partial charge in [-0.15, -0.1) is 12.3 Å². The lowest BCUT2D eigenvalue weighted by molar-refractivity contribution is -0.130. The molecule has 2 aliphatic carbocycles. The number of hydrogen-bond acceptors (Lipinski definition) is 3. The zero-order valence-electron chi connectivity index (χ0n) is 13.6. The predicted molar refractivity (Wildman–Crippen MR) is 84.8 cm³/mol. The van der Waals surface area contributed by atoms with Crippen molar-refractivity contribution in [1.82, 2.24) is 10.2 Å². The number of nitrogens with one attached hydrogen (secondary N) is 1. The van der Waals surface area contributed by atoms with E-state index in [0.717, 1.165) is 25.7 Å². The molecule has 0 radical (unpaired) electrons. The Morgan fingerprint density at radius 2 is 2.04 bits per heavy atom. The topological polar surface area (TPSA) is 56.1 Å². The average Bonchev–Trinajstić information content (AvgIpc) is 3.15. The van der Waals surface area contributed by atoms with Crippen LogP contribution in [0.25, 0.3) is 0 Å². The number of halogens is 1. The predicted octanol–water partition coefficient (Wildman–Crippen LogP) is 1.87. The van der Waals surface area contributed by atoms with Crippen molar-refractivity contribution in [2.75, 3.05) is 13.1 Å². The van der Waals surface area contributed by atoms with E-state index in [0.29, 0.717) is 17.8 Å². The molecule has 1 N–H and O–H groups in total. The molecule has 124 valence electrons. The molecule has 23 heavy (non-hydrogen) atoms. The zero-order valence-corrected chi connectivity index (χ0v) is 13.6. The molecule has 1 heterocycles. The van der Waals surface area contributed by atoms with Crippen LogP contribution in [-0.4, -0.2) is 41.6 Å². The summed E-state index contributed by atoms with van der Waals surface area (Å²) in [5.41, 5.74) is -0.0540. The van der Waals surface area contributed by atoms with E-state index in [1.54, 1.807) is 0 Å². The number of alkyl halides is 1. The molecule has 3 rings (SSSR count). The first-order valence-electron chi connectivity index (χ1n) is 8.48. The van der Waals surface area contributed by atoms with E-state index in [1.165, 1.54) is 4.90 Å². The second-order valence-electron chi connectivity index (χ2n) is 7.70. The van der Waals surface area contributed by atoms with Crippen molar-refractivity contribution in [3.05, 3.63) is 0 Å². The Balaban J connectivity index is 1.52. The highest BCUT2D eigenvalue weighted by Gasteiger charge is 2.47. The van der Waals surface area contributed by atoms with Gasteiger partial charge in [-0.05, 0) is 44.4 Å². The van der Waals surface area contributed by atoms with Crippen molar-refractivity contribution in [1.29, 1.82) is 5.26 Å². The number of amides is 1. The van der Waals surface area contributed by atoms with Crippen LogP contribution in [0.2, 0.25) is 0 Å². The van der Waals surface area contributed by atoms with Crippen LogP contribution >= 0.6 is 0 Å². The van der Waals surface area contributed by atoms with Crippen molar-refractivity contribution in [3.8, 4) is 18.4 Å². The number of hydrogen-bond donors (Lipinski definition) is 1. The number of terminal acetylenes is 1. The van der Waals surface area contributed by atoms with Crippen molar-refractivity contribution in [2.24, 2.45) is 17.8 Å². The molecule has 5 heteroatoms. The van der Waals surface area contributed by atoms with Gasteiger partial charge in [0.15, 0.2) is 0 Å². The molecule has 1 aliphatic heterocycles. The largest absolute Gasteiger partial charge is 0.323 e. The molecule has 1 unspecified atom stereocenters. The van der Waals surface area contributed by atoms with E-state index in [4.69, 9.17) is 11.7 Å². The second kappa shape index (κ2) is 6.13. The smallest absolute Gasteiger partial charge is 0.237 e. The number of nitrogens with zero attached hydrogens (tertiary/aromatic N) is 2. The Bertz CT molecular complexity index is 550. The molecule has 1 saturated heterocycles. The summed E-state index contributed by atoms with van der Waals surface area (Å²) in [5.74, 6) is 4.42. The normalized spacial score (nSPS) is 42.3. The molecule has 0 spiro atoms. The first kappa shape index (κ1) is 16.3. The van der Waals surface area contributed by atoms with Gasteiger partial charge in [0.25, 0.3) is 0 Å². The highest BCUT2D eigenvalue weighted by molar-refractivity contribution is 5.79. The van der Waals surface area contributed by atoms with Crippen LogP contribution < -0.4 is 5.32 Å². The van der Waals surface area contributed by atoms with Crippen molar-refractivity contribution >= 4 is 5.91 Å². The van der Waals surface area contributed by atoms with Crippen LogP contribution in [0, 0.1) is 41.4 Å².